The number of phenols is 1. The molecule has 0 spiro atoms. The molecule has 1 aromatic carbocycles. The molecule has 126 valence electrons. The number of carbonyl (C=O) groups is 2. The molecule has 2 amide bonds. The number of rotatable bonds is 5. The Hall–Kier alpha value is -2.12. The number of anilines is 1. The molecule has 0 aliphatic carbocycles. The maximum Gasteiger partial charge on any atom is 0.313 e. The van der Waals surface area contributed by atoms with Gasteiger partial charge in [0.2, 0.25) is 0 Å². The van der Waals surface area contributed by atoms with Crippen LogP contribution >= 0.6 is 0 Å². The highest BCUT2D eigenvalue weighted by Crippen LogP contribution is 2.23. The van der Waals surface area contributed by atoms with E-state index in [0.29, 0.717) is 6.54 Å². The maximum atomic E-state index is 11.8. The maximum absolute atomic E-state index is 11.8. The Labute approximate surface area is 135 Å². The molecule has 23 heavy (non-hydrogen) atoms. The van der Waals surface area contributed by atoms with Crippen LogP contribution in [0.3, 0.4) is 0 Å². The van der Waals surface area contributed by atoms with E-state index in [0.717, 1.165) is 44.8 Å². The number of carbonyl (C=O) groups excluding carboxylic acids is 2. The van der Waals surface area contributed by atoms with Gasteiger partial charge in [-0.2, -0.15) is 0 Å². The van der Waals surface area contributed by atoms with Crippen molar-refractivity contribution in [3.05, 3.63) is 23.8 Å². The highest BCUT2D eigenvalue weighted by molar-refractivity contribution is 6.39. The van der Waals surface area contributed by atoms with E-state index in [4.69, 9.17) is 4.74 Å². The lowest BCUT2D eigenvalue weighted by Crippen LogP contribution is -2.39. The van der Waals surface area contributed by atoms with E-state index in [9.17, 15) is 14.7 Å². The van der Waals surface area contributed by atoms with Gasteiger partial charge in [0.05, 0.1) is 18.9 Å². The summed E-state index contributed by atoms with van der Waals surface area (Å²) in [5.41, 5.74) is 1.09. The average Bonchev–Trinajstić information content (AvgIpc) is 2.55. The minimum Gasteiger partial charge on any atom is -0.506 e. The zero-order valence-electron chi connectivity index (χ0n) is 13.3. The molecule has 1 aromatic rings. The number of benzene rings is 1. The summed E-state index contributed by atoms with van der Waals surface area (Å²) < 4.78 is 5.26. The van der Waals surface area contributed by atoms with Crippen molar-refractivity contribution in [3.8, 4) is 5.75 Å². The predicted octanol–water partition coefficient (Wildman–Crippen LogP) is 0.478. The van der Waals surface area contributed by atoms with E-state index in [-0.39, 0.29) is 11.4 Å². The van der Waals surface area contributed by atoms with Crippen molar-refractivity contribution in [2.45, 2.75) is 13.3 Å². The van der Waals surface area contributed by atoms with E-state index in [2.05, 4.69) is 15.5 Å². The molecule has 1 heterocycles. The number of phenolic OH excluding ortho intramolecular Hbond substituents is 1. The second-order valence-electron chi connectivity index (χ2n) is 5.54. The fraction of sp³-hybridized carbons (Fsp3) is 0.500. The van der Waals surface area contributed by atoms with Crippen molar-refractivity contribution in [2.24, 2.45) is 0 Å². The van der Waals surface area contributed by atoms with Gasteiger partial charge in [0.25, 0.3) is 0 Å². The first-order valence-electron chi connectivity index (χ1n) is 7.75. The number of hydrogen-bond acceptors (Lipinski definition) is 5. The molecule has 1 fully saturated rings. The lowest BCUT2D eigenvalue weighted by atomic mass is 10.2. The van der Waals surface area contributed by atoms with Crippen LogP contribution in [0.4, 0.5) is 5.69 Å². The molecule has 0 unspecified atom stereocenters. The number of aromatic hydroxyl groups is 1. The summed E-state index contributed by atoms with van der Waals surface area (Å²) in [5.74, 6) is -1.54. The predicted molar refractivity (Wildman–Crippen MR) is 86.4 cm³/mol. The molecule has 1 saturated heterocycles. The molecule has 1 aliphatic heterocycles. The van der Waals surface area contributed by atoms with Crippen molar-refractivity contribution >= 4 is 17.5 Å². The van der Waals surface area contributed by atoms with Crippen molar-refractivity contribution in [1.29, 1.82) is 0 Å². The van der Waals surface area contributed by atoms with Crippen molar-refractivity contribution in [1.82, 2.24) is 10.2 Å². The van der Waals surface area contributed by atoms with Gasteiger partial charge in [-0.05, 0) is 37.6 Å². The summed E-state index contributed by atoms with van der Waals surface area (Å²) in [6, 6.07) is 4.83. The van der Waals surface area contributed by atoms with Gasteiger partial charge < -0.3 is 20.5 Å². The Morgan fingerprint density at radius 1 is 1.26 bits per heavy atom. The quantitative estimate of drug-likeness (QED) is 0.417. The number of ether oxygens (including phenoxy) is 1. The SMILES string of the molecule is Cc1ccc(NC(=O)C(=O)NCCCN2CCOCC2)c(O)c1. The smallest absolute Gasteiger partial charge is 0.313 e. The molecule has 0 bridgehead atoms. The summed E-state index contributed by atoms with van der Waals surface area (Å²) in [4.78, 5) is 25.8. The van der Waals surface area contributed by atoms with Crippen molar-refractivity contribution < 1.29 is 19.4 Å². The van der Waals surface area contributed by atoms with Crippen LogP contribution in [-0.4, -0.2) is 61.2 Å². The first-order valence-corrected chi connectivity index (χ1v) is 7.75. The molecule has 0 saturated carbocycles. The van der Waals surface area contributed by atoms with Crippen LogP contribution in [-0.2, 0) is 14.3 Å². The Bertz CT molecular complexity index is 556. The topological polar surface area (TPSA) is 90.9 Å². The molecule has 2 rings (SSSR count). The molecular formula is C16H23N3O4. The second-order valence-corrected chi connectivity index (χ2v) is 5.54. The van der Waals surface area contributed by atoms with E-state index in [1.807, 2.05) is 6.92 Å². The van der Waals surface area contributed by atoms with Gasteiger partial charge in [-0.1, -0.05) is 6.07 Å². The number of nitrogens with one attached hydrogen (secondary N) is 2. The lowest BCUT2D eigenvalue weighted by molar-refractivity contribution is -0.136. The van der Waals surface area contributed by atoms with Gasteiger partial charge in [0.1, 0.15) is 5.75 Å². The monoisotopic (exact) mass is 321 g/mol. The van der Waals surface area contributed by atoms with E-state index >= 15 is 0 Å². The van der Waals surface area contributed by atoms with Gasteiger partial charge in [-0.25, -0.2) is 0 Å². The van der Waals surface area contributed by atoms with Gasteiger partial charge in [-0.15, -0.1) is 0 Å². The van der Waals surface area contributed by atoms with Gasteiger partial charge in [0, 0.05) is 19.6 Å². The fourth-order valence-corrected chi connectivity index (χ4v) is 2.34. The highest BCUT2D eigenvalue weighted by Gasteiger charge is 2.15. The normalized spacial score (nSPS) is 15.2. The molecule has 7 nitrogen and oxygen atoms in total. The largest absolute Gasteiger partial charge is 0.506 e. The number of amides is 2. The summed E-state index contributed by atoms with van der Waals surface area (Å²) in [5, 5.41) is 14.7. The minimum absolute atomic E-state index is 0.0570. The zero-order chi connectivity index (χ0) is 16.7. The number of hydrogen-bond donors (Lipinski definition) is 3. The van der Waals surface area contributed by atoms with Crippen LogP contribution < -0.4 is 10.6 Å². The third-order valence-electron chi connectivity index (χ3n) is 3.65. The molecule has 0 radical (unpaired) electrons. The molecule has 0 atom stereocenters. The summed E-state index contributed by atoms with van der Waals surface area (Å²) in [7, 11) is 0. The fourth-order valence-electron chi connectivity index (χ4n) is 2.34. The van der Waals surface area contributed by atoms with Crippen LogP contribution in [0.1, 0.15) is 12.0 Å². The Balaban J connectivity index is 1.69. The third kappa shape index (κ3) is 5.54. The lowest BCUT2D eigenvalue weighted by Gasteiger charge is -2.26. The van der Waals surface area contributed by atoms with E-state index < -0.39 is 11.8 Å². The summed E-state index contributed by atoms with van der Waals surface area (Å²) in [6.45, 7) is 6.42. The Morgan fingerprint density at radius 2 is 2.00 bits per heavy atom. The van der Waals surface area contributed by atoms with Crippen LogP contribution in [0.2, 0.25) is 0 Å². The van der Waals surface area contributed by atoms with E-state index in [1.54, 1.807) is 12.1 Å². The summed E-state index contributed by atoms with van der Waals surface area (Å²) in [6.07, 6.45) is 0.773. The number of aryl methyl sites for hydroxylation is 1. The van der Waals surface area contributed by atoms with Gasteiger partial charge in [-0.3, -0.25) is 14.5 Å². The molecule has 7 heteroatoms. The van der Waals surface area contributed by atoms with E-state index in [1.165, 1.54) is 6.07 Å². The van der Waals surface area contributed by atoms with Crippen molar-refractivity contribution in [2.75, 3.05) is 44.7 Å². The second kappa shape index (κ2) is 8.50. The van der Waals surface area contributed by atoms with Gasteiger partial charge >= 0.3 is 11.8 Å². The molecule has 0 aromatic heterocycles. The Morgan fingerprint density at radius 3 is 2.70 bits per heavy atom. The molecule has 1 aliphatic rings. The van der Waals surface area contributed by atoms with Crippen LogP contribution in [0.5, 0.6) is 5.75 Å². The van der Waals surface area contributed by atoms with Crippen LogP contribution in [0.25, 0.3) is 0 Å². The minimum atomic E-state index is -0.782. The highest BCUT2D eigenvalue weighted by atomic mass is 16.5. The zero-order valence-corrected chi connectivity index (χ0v) is 13.3. The third-order valence-corrected chi connectivity index (χ3v) is 3.65. The average molecular weight is 321 g/mol. The van der Waals surface area contributed by atoms with Crippen LogP contribution in [0, 0.1) is 6.92 Å². The first-order chi connectivity index (χ1) is 11.1. The molecule has 3 N–H and O–H groups in total. The number of morpholine rings is 1. The Kier molecular flexibility index (Phi) is 6.37. The molecular weight excluding hydrogens is 298 g/mol. The summed E-state index contributed by atoms with van der Waals surface area (Å²) >= 11 is 0. The van der Waals surface area contributed by atoms with Crippen molar-refractivity contribution in [3.63, 3.8) is 0 Å². The van der Waals surface area contributed by atoms with Gasteiger partial charge in [0.15, 0.2) is 0 Å². The standard InChI is InChI=1S/C16H23N3O4/c1-12-3-4-13(14(20)11-12)18-16(22)15(21)17-5-2-6-19-7-9-23-10-8-19/h3-4,11,20H,2,5-10H2,1H3,(H,17,21)(H,18,22). The number of nitrogens with zero attached hydrogens (tertiary/aromatic N) is 1. The van der Waals surface area contributed by atoms with Crippen LogP contribution in [0.15, 0.2) is 18.2 Å². The first kappa shape index (κ1) is 17.2.